The van der Waals surface area contributed by atoms with E-state index in [1.54, 1.807) is 30.5 Å². The summed E-state index contributed by atoms with van der Waals surface area (Å²) in [5.41, 5.74) is 1.58. The topological polar surface area (TPSA) is 67.5 Å². The van der Waals surface area contributed by atoms with Crippen LogP contribution in [0, 0.1) is 13.8 Å². The van der Waals surface area contributed by atoms with Gasteiger partial charge in [-0.3, -0.25) is 4.79 Å². The number of nitrogens with zero attached hydrogens (tertiary/aromatic N) is 3. The van der Waals surface area contributed by atoms with E-state index in [9.17, 15) is 9.90 Å². The summed E-state index contributed by atoms with van der Waals surface area (Å²) in [6.07, 6.45) is 2.99. The lowest BCUT2D eigenvalue weighted by Crippen LogP contribution is -2.16. The Morgan fingerprint density at radius 2 is 2.00 bits per heavy atom. The summed E-state index contributed by atoms with van der Waals surface area (Å²) in [6, 6.07) is 6.57. The van der Waals surface area contributed by atoms with Gasteiger partial charge in [0.1, 0.15) is 16.9 Å². The van der Waals surface area contributed by atoms with Gasteiger partial charge in [-0.25, -0.2) is 4.98 Å². The number of thiophene rings is 1. The Balaban J connectivity index is 2.05. The van der Waals surface area contributed by atoms with E-state index in [2.05, 4.69) is 10.1 Å². The van der Waals surface area contributed by atoms with Crippen LogP contribution in [0.25, 0.3) is 10.2 Å². The molecular weight excluding hydrogens is 286 g/mol. The Morgan fingerprint density at radius 1 is 1.29 bits per heavy atom. The molecule has 0 unspecified atom stereocenters. The number of hydrogen-bond acceptors (Lipinski definition) is 5. The Bertz CT molecular complexity index is 892. The van der Waals surface area contributed by atoms with E-state index in [0.717, 1.165) is 20.8 Å². The number of aromatic nitrogens is 2. The molecule has 0 radical (unpaired) electrons. The highest BCUT2D eigenvalue weighted by atomic mass is 32.1. The first-order valence-electron chi connectivity index (χ1n) is 6.37. The van der Waals surface area contributed by atoms with Crippen molar-refractivity contribution in [3.8, 4) is 5.75 Å². The Hall–Kier alpha value is -2.47. The predicted octanol–water partition coefficient (Wildman–Crippen LogP) is 2.66. The molecule has 0 bridgehead atoms. The van der Waals surface area contributed by atoms with Crippen LogP contribution in [0.15, 0.2) is 40.5 Å². The third kappa shape index (κ3) is 2.45. The lowest BCUT2D eigenvalue weighted by molar-refractivity contribution is 0.475. The van der Waals surface area contributed by atoms with Crippen molar-refractivity contribution in [1.29, 1.82) is 0 Å². The van der Waals surface area contributed by atoms with Gasteiger partial charge in [0.2, 0.25) is 0 Å². The fourth-order valence-electron chi connectivity index (χ4n) is 2.00. The molecule has 106 valence electrons. The van der Waals surface area contributed by atoms with Gasteiger partial charge in [0.25, 0.3) is 5.56 Å². The second-order valence-electron chi connectivity index (χ2n) is 4.69. The first-order valence-corrected chi connectivity index (χ1v) is 7.18. The van der Waals surface area contributed by atoms with E-state index in [-0.39, 0.29) is 11.3 Å². The summed E-state index contributed by atoms with van der Waals surface area (Å²) >= 11 is 1.51. The van der Waals surface area contributed by atoms with E-state index in [1.165, 1.54) is 22.3 Å². The molecule has 3 aromatic rings. The molecular formula is C15H13N3O2S. The molecule has 0 aliphatic rings. The maximum atomic E-state index is 12.4. The molecule has 0 atom stereocenters. The molecule has 5 nitrogen and oxygen atoms in total. The molecule has 21 heavy (non-hydrogen) atoms. The van der Waals surface area contributed by atoms with Gasteiger partial charge < -0.3 is 5.11 Å². The summed E-state index contributed by atoms with van der Waals surface area (Å²) < 4.78 is 1.23. The molecule has 0 fully saturated rings. The number of hydrogen-bond donors (Lipinski definition) is 1. The number of aryl methyl sites for hydroxylation is 2. The predicted molar refractivity (Wildman–Crippen MR) is 84.5 cm³/mol. The first-order chi connectivity index (χ1) is 10.1. The van der Waals surface area contributed by atoms with Crippen LogP contribution in [-0.4, -0.2) is 21.0 Å². The molecule has 2 heterocycles. The number of phenolic OH excluding ortho intramolecular Hbond substituents is 1. The van der Waals surface area contributed by atoms with Crippen molar-refractivity contribution in [2.45, 2.75) is 13.8 Å². The van der Waals surface area contributed by atoms with Crippen molar-refractivity contribution in [2.75, 3.05) is 0 Å². The van der Waals surface area contributed by atoms with E-state index in [1.807, 2.05) is 13.8 Å². The number of benzene rings is 1. The van der Waals surface area contributed by atoms with Crippen LogP contribution in [0.1, 0.15) is 16.0 Å². The zero-order valence-electron chi connectivity index (χ0n) is 11.6. The normalized spacial score (nSPS) is 11.5. The lowest BCUT2D eigenvalue weighted by atomic mass is 10.2. The average molecular weight is 299 g/mol. The van der Waals surface area contributed by atoms with E-state index < -0.39 is 0 Å². The van der Waals surface area contributed by atoms with Gasteiger partial charge in [0.15, 0.2) is 0 Å². The molecule has 0 amide bonds. The van der Waals surface area contributed by atoms with Gasteiger partial charge in [-0.2, -0.15) is 9.78 Å². The molecule has 1 N–H and O–H groups in total. The second-order valence-corrected chi connectivity index (χ2v) is 5.90. The highest BCUT2D eigenvalue weighted by Gasteiger charge is 2.11. The minimum absolute atomic E-state index is 0.170. The van der Waals surface area contributed by atoms with Crippen molar-refractivity contribution < 1.29 is 5.11 Å². The molecule has 0 saturated heterocycles. The maximum Gasteiger partial charge on any atom is 0.282 e. The number of rotatable bonds is 2. The molecule has 0 aliphatic heterocycles. The maximum absolute atomic E-state index is 12.4. The Morgan fingerprint density at radius 3 is 2.71 bits per heavy atom. The first kappa shape index (κ1) is 13.5. The number of aromatic hydroxyl groups is 1. The third-order valence-electron chi connectivity index (χ3n) is 3.30. The second kappa shape index (κ2) is 5.14. The Kier molecular flexibility index (Phi) is 3.31. The highest BCUT2D eigenvalue weighted by molar-refractivity contribution is 7.18. The standard InChI is InChI=1S/C15H13N3O2S/c1-9-10(2)21-14-13(9)15(20)18(8-16-14)17-7-11-3-5-12(19)6-4-11/h3-8,19H,1-2H3. The van der Waals surface area contributed by atoms with Crippen molar-refractivity contribution >= 4 is 27.8 Å². The van der Waals surface area contributed by atoms with E-state index in [4.69, 9.17) is 0 Å². The number of phenols is 1. The van der Waals surface area contributed by atoms with Gasteiger partial charge in [-0.1, -0.05) is 0 Å². The molecule has 0 aliphatic carbocycles. The largest absolute Gasteiger partial charge is 0.508 e. The molecule has 0 spiro atoms. The molecule has 2 aromatic heterocycles. The minimum Gasteiger partial charge on any atom is -0.508 e. The van der Waals surface area contributed by atoms with Crippen molar-refractivity contribution in [3.05, 3.63) is 57.0 Å². The summed E-state index contributed by atoms with van der Waals surface area (Å²) in [6.45, 7) is 3.90. The fourth-order valence-corrected chi connectivity index (χ4v) is 2.98. The zero-order chi connectivity index (χ0) is 15.0. The van der Waals surface area contributed by atoms with Gasteiger partial charge in [-0.05, 0) is 49.2 Å². The van der Waals surface area contributed by atoms with Crippen molar-refractivity contribution in [1.82, 2.24) is 9.66 Å². The van der Waals surface area contributed by atoms with Gasteiger partial charge in [-0.15, -0.1) is 11.3 Å². The third-order valence-corrected chi connectivity index (χ3v) is 4.41. The van der Waals surface area contributed by atoms with Crippen LogP contribution in [0.2, 0.25) is 0 Å². The van der Waals surface area contributed by atoms with Crippen molar-refractivity contribution in [3.63, 3.8) is 0 Å². The van der Waals surface area contributed by atoms with Gasteiger partial charge in [0, 0.05) is 4.88 Å². The molecule has 3 rings (SSSR count). The minimum atomic E-state index is -0.170. The van der Waals surface area contributed by atoms with Gasteiger partial charge in [0.05, 0.1) is 11.6 Å². The van der Waals surface area contributed by atoms with Crippen LogP contribution >= 0.6 is 11.3 Å². The summed E-state index contributed by atoms with van der Waals surface area (Å²) in [4.78, 5) is 18.5. The van der Waals surface area contributed by atoms with E-state index >= 15 is 0 Å². The zero-order valence-corrected chi connectivity index (χ0v) is 12.4. The monoisotopic (exact) mass is 299 g/mol. The van der Waals surface area contributed by atoms with Crippen LogP contribution in [0.4, 0.5) is 0 Å². The molecule has 1 aromatic carbocycles. The molecule has 6 heteroatoms. The fraction of sp³-hybridized carbons (Fsp3) is 0.133. The van der Waals surface area contributed by atoms with Crippen LogP contribution in [-0.2, 0) is 0 Å². The SMILES string of the molecule is Cc1sc2ncn(N=Cc3ccc(O)cc3)c(=O)c2c1C. The Labute approximate surface area is 124 Å². The highest BCUT2D eigenvalue weighted by Crippen LogP contribution is 2.25. The number of fused-ring (bicyclic) bond motifs is 1. The van der Waals surface area contributed by atoms with Crippen molar-refractivity contribution in [2.24, 2.45) is 5.10 Å². The summed E-state index contributed by atoms with van der Waals surface area (Å²) in [5.74, 6) is 0.191. The van der Waals surface area contributed by atoms with Crippen LogP contribution < -0.4 is 5.56 Å². The quantitative estimate of drug-likeness (QED) is 0.740. The average Bonchev–Trinajstić information content (AvgIpc) is 2.76. The van der Waals surface area contributed by atoms with Crippen LogP contribution in [0.5, 0.6) is 5.75 Å². The lowest BCUT2D eigenvalue weighted by Gasteiger charge is -1.98. The summed E-state index contributed by atoms with van der Waals surface area (Å²) in [5, 5.41) is 14.0. The van der Waals surface area contributed by atoms with Gasteiger partial charge >= 0.3 is 0 Å². The molecule has 0 saturated carbocycles. The smallest absolute Gasteiger partial charge is 0.282 e. The van der Waals surface area contributed by atoms with Crippen LogP contribution in [0.3, 0.4) is 0 Å². The van der Waals surface area contributed by atoms with E-state index in [0.29, 0.717) is 5.39 Å². The summed E-state index contributed by atoms with van der Waals surface area (Å²) in [7, 11) is 0.